The van der Waals surface area contributed by atoms with Crippen LogP contribution in [-0.2, 0) is 0 Å². The predicted octanol–water partition coefficient (Wildman–Crippen LogP) is 3.85. The monoisotopic (exact) mass is 310 g/mol. The van der Waals surface area contributed by atoms with E-state index in [0.29, 0.717) is 0 Å². The zero-order valence-electron chi connectivity index (χ0n) is 13.4. The first-order valence-corrected chi connectivity index (χ1v) is 7.74. The molecule has 0 atom stereocenters. The van der Waals surface area contributed by atoms with Gasteiger partial charge >= 0.3 is 0 Å². The third-order valence-corrected chi connectivity index (χ3v) is 3.68. The van der Waals surface area contributed by atoms with Crippen LogP contribution in [0.2, 0.25) is 0 Å². The highest BCUT2D eigenvalue weighted by atomic mass is 14.7. The molecule has 0 unspecified atom stereocenters. The van der Waals surface area contributed by atoms with Crippen molar-refractivity contribution in [3.63, 3.8) is 0 Å². The van der Waals surface area contributed by atoms with Crippen LogP contribution in [0.5, 0.6) is 0 Å². The molecular weight excluding hydrogens is 292 g/mol. The zero-order chi connectivity index (χ0) is 16.8. The van der Waals surface area contributed by atoms with Crippen molar-refractivity contribution in [2.75, 3.05) is 0 Å². The van der Waals surface area contributed by atoms with Gasteiger partial charge < -0.3 is 0 Å². The maximum Gasteiger partial charge on any atom is 0.0970 e. The molecule has 0 fully saturated rings. The lowest BCUT2D eigenvalue weighted by Crippen LogP contribution is -1.99. The van der Waals surface area contributed by atoms with E-state index in [1.165, 1.54) is 0 Å². The van der Waals surface area contributed by atoms with Crippen LogP contribution in [0.3, 0.4) is 0 Å². The Kier molecular flexibility index (Phi) is 4.78. The van der Waals surface area contributed by atoms with E-state index in [1.54, 1.807) is 12.4 Å². The summed E-state index contributed by atoms with van der Waals surface area (Å²) in [6.45, 7) is 8.35. The Labute approximate surface area is 141 Å². The Balaban J connectivity index is 2.64. The quantitative estimate of drug-likeness (QED) is 0.630. The van der Waals surface area contributed by atoms with Crippen LogP contribution in [-0.4, -0.2) is 9.97 Å². The van der Waals surface area contributed by atoms with Gasteiger partial charge in [-0.15, -0.1) is 0 Å². The van der Waals surface area contributed by atoms with Crippen LogP contribution in [0.1, 0.15) is 0 Å². The van der Waals surface area contributed by atoms with Crippen LogP contribution in [0.25, 0.3) is 35.0 Å². The molecule has 0 saturated carbocycles. The van der Waals surface area contributed by atoms with Gasteiger partial charge in [-0.1, -0.05) is 73.8 Å². The Morgan fingerprint density at radius 1 is 0.500 bits per heavy atom. The SMILES string of the molecule is C=c1ccccccccc(=C)c2cccnc2c2ncccc12. The van der Waals surface area contributed by atoms with E-state index in [-0.39, 0.29) is 0 Å². The van der Waals surface area contributed by atoms with Crippen molar-refractivity contribution in [1.29, 1.82) is 0 Å². The second-order valence-corrected chi connectivity index (χ2v) is 5.34. The van der Waals surface area contributed by atoms with Gasteiger partial charge in [0.25, 0.3) is 0 Å². The summed E-state index contributed by atoms with van der Waals surface area (Å²) in [4.78, 5) is 9.12. The fraction of sp³-hybridized carbons (Fsp3) is 0. The second kappa shape index (κ2) is 7.34. The van der Waals surface area contributed by atoms with Gasteiger partial charge in [0.15, 0.2) is 0 Å². The van der Waals surface area contributed by atoms with Crippen LogP contribution >= 0.6 is 0 Å². The van der Waals surface area contributed by atoms with Crippen molar-refractivity contribution in [3.8, 4) is 0 Å². The molecule has 0 N–H and O–H groups in total. The van der Waals surface area contributed by atoms with Crippen molar-refractivity contribution in [1.82, 2.24) is 9.97 Å². The van der Waals surface area contributed by atoms with E-state index < -0.39 is 0 Å². The fourth-order valence-electron chi connectivity index (χ4n) is 2.49. The number of aromatic nitrogens is 2. The molecule has 2 heteroatoms. The van der Waals surface area contributed by atoms with Gasteiger partial charge in [0.05, 0.1) is 11.0 Å². The summed E-state index contributed by atoms with van der Waals surface area (Å²) in [5.74, 6) is 0. The largest absolute Gasteiger partial charge is 0.254 e. The Morgan fingerprint density at radius 2 is 0.917 bits per heavy atom. The van der Waals surface area contributed by atoms with Gasteiger partial charge in [0.1, 0.15) is 0 Å². The molecule has 3 aromatic rings. The highest BCUT2D eigenvalue weighted by molar-refractivity contribution is 6.00. The predicted molar refractivity (Wildman–Crippen MR) is 103 cm³/mol. The Hall–Kier alpha value is -3.26. The molecule has 0 bridgehead atoms. The van der Waals surface area contributed by atoms with Gasteiger partial charge in [-0.2, -0.15) is 0 Å². The lowest BCUT2D eigenvalue weighted by atomic mass is 10.1. The molecule has 24 heavy (non-hydrogen) atoms. The van der Waals surface area contributed by atoms with E-state index in [9.17, 15) is 0 Å². The van der Waals surface area contributed by atoms with Crippen molar-refractivity contribution in [2.24, 2.45) is 0 Å². The molecular formula is C22H18N2. The average molecular weight is 310 g/mol. The number of hydrogen-bond acceptors (Lipinski definition) is 2. The molecule has 0 aliphatic carbocycles. The lowest BCUT2D eigenvalue weighted by molar-refractivity contribution is 1.37. The van der Waals surface area contributed by atoms with E-state index in [1.807, 2.05) is 72.8 Å². The number of hydrogen-bond donors (Lipinski definition) is 0. The van der Waals surface area contributed by atoms with Crippen molar-refractivity contribution < 1.29 is 0 Å². The van der Waals surface area contributed by atoms with Crippen LogP contribution in [0.4, 0.5) is 0 Å². The molecule has 3 rings (SSSR count). The summed E-state index contributed by atoms with van der Waals surface area (Å²) in [5, 5.41) is 3.71. The molecule has 0 amide bonds. The summed E-state index contributed by atoms with van der Waals surface area (Å²) in [5.41, 5.74) is 1.63. The number of fused-ring (bicyclic) bond motifs is 3. The molecule has 116 valence electrons. The average Bonchev–Trinajstić information content (AvgIpc) is 2.63. The highest BCUT2D eigenvalue weighted by Gasteiger charge is 1.99. The zero-order valence-corrected chi connectivity index (χ0v) is 13.4. The molecule has 0 saturated heterocycles. The second-order valence-electron chi connectivity index (χ2n) is 5.34. The first kappa shape index (κ1) is 15.6. The third-order valence-electron chi connectivity index (χ3n) is 3.68. The van der Waals surface area contributed by atoms with E-state index >= 15 is 0 Å². The molecule has 1 aromatic carbocycles. The normalized spacial score (nSPS) is 10.0. The Bertz CT molecular complexity index is 1010. The van der Waals surface area contributed by atoms with Crippen molar-refractivity contribution in [2.45, 2.75) is 0 Å². The lowest BCUT2D eigenvalue weighted by Gasteiger charge is -1.98. The highest BCUT2D eigenvalue weighted by Crippen LogP contribution is 2.13. The van der Waals surface area contributed by atoms with E-state index in [0.717, 1.165) is 32.2 Å². The summed E-state index contributed by atoms with van der Waals surface area (Å²) in [6.07, 6.45) is 3.55. The summed E-state index contributed by atoms with van der Waals surface area (Å²) >= 11 is 0. The van der Waals surface area contributed by atoms with Crippen LogP contribution in [0, 0.1) is 0 Å². The third kappa shape index (κ3) is 3.39. The van der Waals surface area contributed by atoms with E-state index in [4.69, 9.17) is 0 Å². The standard InChI is InChI=1S/C22H18N2/c1-17-11-7-5-3-4-6-8-12-18(2)20-14-10-16-24-22(20)21-19(17)13-9-15-23-21/h3-16H,1-2H2. The molecule has 2 heterocycles. The molecule has 0 spiro atoms. The van der Waals surface area contributed by atoms with Crippen molar-refractivity contribution >= 4 is 35.0 Å². The topological polar surface area (TPSA) is 25.8 Å². The fourth-order valence-corrected chi connectivity index (χ4v) is 2.49. The summed E-state index contributed by atoms with van der Waals surface area (Å²) < 4.78 is 0. The first-order chi connectivity index (χ1) is 11.8. The summed E-state index contributed by atoms with van der Waals surface area (Å²) in [7, 11) is 0. The maximum absolute atomic E-state index is 4.56. The molecule has 0 radical (unpaired) electrons. The van der Waals surface area contributed by atoms with Gasteiger partial charge in [-0.3, -0.25) is 9.97 Å². The minimum absolute atomic E-state index is 0.814. The minimum Gasteiger partial charge on any atom is -0.254 e. The number of pyridine rings is 2. The summed E-state index contributed by atoms with van der Waals surface area (Å²) in [6, 6.07) is 23.6. The van der Waals surface area contributed by atoms with Crippen LogP contribution < -0.4 is 10.4 Å². The van der Waals surface area contributed by atoms with Gasteiger partial charge in [-0.05, 0) is 22.6 Å². The maximum atomic E-state index is 4.56. The van der Waals surface area contributed by atoms with Gasteiger partial charge in [-0.25, -0.2) is 0 Å². The van der Waals surface area contributed by atoms with E-state index in [2.05, 4.69) is 23.1 Å². The van der Waals surface area contributed by atoms with Crippen molar-refractivity contribution in [3.05, 3.63) is 95.6 Å². The number of nitrogens with zero attached hydrogens (tertiary/aromatic N) is 2. The molecule has 0 aliphatic heterocycles. The Morgan fingerprint density at radius 3 is 1.38 bits per heavy atom. The first-order valence-electron chi connectivity index (χ1n) is 7.74. The molecule has 2 aromatic heterocycles. The molecule has 2 nitrogen and oxygen atoms in total. The van der Waals surface area contributed by atoms with Gasteiger partial charge in [0.2, 0.25) is 0 Å². The van der Waals surface area contributed by atoms with Gasteiger partial charge in [0, 0.05) is 23.2 Å². The number of rotatable bonds is 0. The van der Waals surface area contributed by atoms with Crippen LogP contribution in [0.15, 0.2) is 85.2 Å². The minimum atomic E-state index is 0.814. The smallest absolute Gasteiger partial charge is 0.0970 e. The molecule has 0 aliphatic rings.